The molecule has 0 aliphatic heterocycles. The first-order chi connectivity index (χ1) is 3.56. The zero-order valence-corrected chi connectivity index (χ0v) is 6.20. The molecule has 0 amide bonds. The van der Waals surface area contributed by atoms with E-state index in [0.29, 0.717) is 0 Å². The zero-order chi connectivity index (χ0) is 6.62. The summed E-state index contributed by atoms with van der Waals surface area (Å²) in [7, 11) is 0. The van der Waals surface area contributed by atoms with Gasteiger partial charge in [-0.15, -0.1) is 0 Å². The molecule has 0 unspecified atom stereocenters. The van der Waals surface area contributed by atoms with Gasteiger partial charge in [0.2, 0.25) is 0 Å². The van der Waals surface area contributed by atoms with Gasteiger partial charge in [0.05, 0.1) is 0 Å². The van der Waals surface area contributed by atoms with Gasteiger partial charge in [0, 0.05) is 12.3 Å². The third-order valence-electron chi connectivity index (χ3n) is 0.669. The van der Waals surface area contributed by atoms with Crippen LogP contribution >= 0.6 is 12.6 Å². The molecule has 0 aromatic heterocycles. The topological polar surface area (TPSA) is 32.3 Å². The largest absolute Gasteiger partial charge is 0.376 e. The minimum Gasteiger partial charge on any atom is -0.376 e. The lowest BCUT2D eigenvalue weighted by Gasteiger charge is -2.17. The lowest BCUT2D eigenvalue weighted by atomic mass is 10.3. The Balaban J connectivity index is 3.11. The molecule has 50 valence electrons. The predicted octanol–water partition coefficient (Wildman–Crippen LogP) is 0.234. The lowest BCUT2D eigenvalue weighted by Crippen LogP contribution is -2.39. The molecule has 0 aliphatic rings. The van der Waals surface area contributed by atoms with E-state index >= 15 is 0 Å². The van der Waals surface area contributed by atoms with E-state index in [2.05, 4.69) is 17.9 Å². The van der Waals surface area contributed by atoms with Crippen molar-refractivity contribution in [2.45, 2.75) is 19.6 Å². The van der Waals surface area contributed by atoms with Crippen LogP contribution in [0.25, 0.3) is 0 Å². The fourth-order valence-electron chi connectivity index (χ4n) is 0.362. The fraction of sp³-hybridized carbons (Fsp3) is 1.00. The molecule has 0 spiro atoms. The van der Waals surface area contributed by atoms with Crippen molar-refractivity contribution >= 4 is 12.6 Å². The lowest BCUT2D eigenvalue weighted by molar-refractivity contribution is 0.0461. The first kappa shape index (κ1) is 8.27. The highest BCUT2D eigenvalue weighted by molar-refractivity contribution is 7.80. The summed E-state index contributed by atoms with van der Waals surface area (Å²) in [5.41, 5.74) is -0.747. The first-order valence-electron chi connectivity index (χ1n) is 2.64. The van der Waals surface area contributed by atoms with Gasteiger partial charge >= 0.3 is 0 Å². The van der Waals surface area contributed by atoms with E-state index in [9.17, 15) is 0 Å². The van der Waals surface area contributed by atoms with E-state index in [1.807, 2.05) is 0 Å². The average Bonchev–Trinajstić information content (AvgIpc) is 1.59. The van der Waals surface area contributed by atoms with E-state index in [0.717, 1.165) is 12.3 Å². The van der Waals surface area contributed by atoms with Gasteiger partial charge in [-0.1, -0.05) is 0 Å². The average molecular weight is 135 g/mol. The number of hydrogen-bond acceptors (Lipinski definition) is 3. The minimum atomic E-state index is -0.747. The monoisotopic (exact) mass is 135 g/mol. The number of rotatable bonds is 3. The second-order valence-electron chi connectivity index (χ2n) is 2.21. The second-order valence-corrected chi connectivity index (χ2v) is 2.66. The summed E-state index contributed by atoms with van der Waals surface area (Å²) in [5.74, 6) is 0.754. The summed E-state index contributed by atoms with van der Waals surface area (Å²) in [4.78, 5) is 0. The Morgan fingerprint density at radius 1 is 1.62 bits per heavy atom. The standard InChI is InChI=1S/C5H13NOS/c1-5(2,7)6-3-4-8/h6-8H,3-4H2,1-2H3. The Kier molecular flexibility index (Phi) is 3.44. The highest BCUT2D eigenvalue weighted by atomic mass is 32.1. The van der Waals surface area contributed by atoms with Crippen molar-refractivity contribution in [3.8, 4) is 0 Å². The zero-order valence-electron chi connectivity index (χ0n) is 5.31. The molecule has 0 saturated carbocycles. The SMILES string of the molecule is CC(C)(O)NCCS. The van der Waals surface area contributed by atoms with Gasteiger partial charge in [0.1, 0.15) is 5.72 Å². The molecular weight excluding hydrogens is 122 g/mol. The van der Waals surface area contributed by atoms with E-state index in [1.54, 1.807) is 13.8 Å². The van der Waals surface area contributed by atoms with Crippen molar-refractivity contribution in [2.24, 2.45) is 0 Å². The molecule has 0 rings (SSSR count). The molecule has 0 aromatic rings. The molecule has 0 bridgehead atoms. The third kappa shape index (κ3) is 6.27. The van der Waals surface area contributed by atoms with Crippen molar-refractivity contribution in [1.29, 1.82) is 0 Å². The maximum Gasteiger partial charge on any atom is 0.110 e. The summed E-state index contributed by atoms with van der Waals surface area (Å²) in [6, 6.07) is 0. The van der Waals surface area contributed by atoms with Crippen molar-refractivity contribution in [1.82, 2.24) is 5.32 Å². The van der Waals surface area contributed by atoms with Gasteiger partial charge < -0.3 is 5.11 Å². The highest BCUT2D eigenvalue weighted by Gasteiger charge is 2.07. The van der Waals surface area contributed by atoms with E-state index in [1.165, 1.54) is 0 Å². The van der Waals surface area contributed by atoms with Gasteiger partial charge in [-0.25, -0.2) is 0 Å². The first-order valence-corrected chi connectivity index (χ1v) is 3.28. The number of hydrogen-bond donors (Lipinski definition) is 3. The van der Waals surface area contributed by atoms with Gasteiger partial charge in [0.25, 0.3) is 0 Å². The Hall–Kier alpha value is 0.270. The van der Waals surface area contributed by atoms with Crippen LogP contribution in [0, 0.1) is 0 Å². The molecule has 0 aliphatic carbocycles. The molecule has 2 nitrogen and oxygen atoms in total. The summed E-state index contributed by atoms with van der Waals surface area (Å²) in [6.45, 7) is 4.15. The molecule has 0 aromatic carbocycles. The summed E-state index contributed by atoms with van der Waals surface area (Å²) >= 11 is 3.96. The van der Waals surface area contributed by atoms with Gasteiger partial charge in [0.15, 0.2) is 0 Å². The quantitative estimate of drug-likeness (QED) is 0.382. The predicted molar refractivity (Wildman–Crippen MR) is 38.2 cm³/mol. The summed E-state index contributed by atoms with van der Waals surface area (Å²) in [5, 5.41) is 11.9. The summed E-state index contributed by atoms with van der Waals surface area (Å²) < 4.78 is 0. The molecule has 8 heavy (non-hydrogen) atoms. The number of nitrogens with one attached hydrogen (secondary N) is 1. The second kappa shape index (κ2) is 3.33. The van der Waals surface area contributed by atoms with Crippen LogP contribution < -0.4 is 5.32 Å². The Bertz CT molecular complexity index is 59.9. The highest BCUT2D eigenvalue weighted by Crippen LogP contribution is 1.92. The number of thiol groups is 1. The molecule has 2 N–H and O–H groups in total. The van der Waals surface area contributed by atoms with Gasteiger partial charge in [-0.3, -0.25) is 5.32 Å². The third-order valence-corrected chi connectivity index (χ3v) is 0.893. The maximum atomic E-state index is 9.00. The minimum absolute atomic E-state index is 0.743. The van der Waals surface area contributed by atoms with E-state index in [4.69, 9.17) is 5.11 Å². The van der Waals surface area contributed by atoms with E-state index < -0.39 is 5.72 Å². The maximum absolute atomic E-state index is 9.00. The van der Waals surface area contributed by atoms with Crippen molar-refractivity contribution < 1.29 is 5.11 Å². The van der Waals surface area contributed by atoms with Crippen LogP contribution in [0.1, 0.15) is 13.8 Å². The molecule has 0 fully saturated rings. The van der Waals surface area contributed by atoms with Crippen molar-refractivity contribution in [3.63, 3.8) is 0 Å². The number of aliphatic hydroxyl groups is 1. The van der Waals surface area contributed by atoms with Crippen molar-refractivity contribution in [2.75, 3.05) is 12.3 Å². The van der Waals surface area contributed by atoms with Crippen LogP contribution in [0.15, 0.2) is 0 Å². The van der Waals surface area contributed by atoms with Crippen LogP contribution in [-0.2, 0) is 0 Å². The normalized spacial score (nSPS) is 12.0. The molecule has 0 atom stereocenters. The Morgan fingerprint density at radius 2 is 2.12 bits per heavy atom. The molecule has 0 radical (unpaired) electrons. The summed E-state index contributed by atoms with van der Waals surface area (Å²) in [6.07, 6.45) is 0. The molecule has 0 heterocycles. The van der Waals surface area contributed by atoms with Crippen LogP contribution in [0.4, 0.5) is 0 Å². The molecular formula is C5H13NOS. The smallest absolute Gasteiger partial charge is 0.110 e. The fourth-order valence-corrected chi connectivity index (χ4v) is 0.474. The van der Waals surface area contributed by atoms with Crippen LogP contribution in [0.2, 0.25) is 0 Å². The van der Waals surface area contributed by atoms with Gasteiger partial charge in [-0.2, -0.15) is 12.6 Å². The van der Waals surface area contributed by atoms with Crippen LogP contribution in [-0.4, -0.2) is 23.1 Å². The van der Waals surface area contributed by atoms with Crippen LogP contribution in [0.5, 0.6) is 0 Å². The molecule has 3 heteroatoms. The van der Waals surface area contributed by atoms with E-state index in [-0.39, 0.29) is 0 Å². The van der Waals surface area contributed by atoms with Gasteiger partial charge in [-0.05, 0) is 13.8 Å². The Morgan fingerprint density at radius 3 is 2.25 bits per heavy atom. The van der Waals surface area contributed by atoms with Crippen LogP contribution in [0.3, 0.4) is 0 Å². The Labute approximate surface area is 55.7 Å². The molecule has 0 saturated heterocycles. The van der Waals surface area contributed by atoms with Crippen molar-refractivity contribution in [3.05, 3.63) is 0 Å².